The van der Waals surface area contributed by atoms with Gasteiger partial charge in [-0.2, -0.15) is 0 Å². The van der Waals surface area contributed by atoms with Crippen molar-refractivity contribution < 1.29 is 14.7 Å². The first kappa shape index (κ1) is 22.7. The molecule has 0 spiro atoms. The van der Waals surface area contributed by atoms with Gasteiger partial charge in [0.15, 0.2) is 0 Å². The highest BCUT2D eigenvalue weighted by Gasteiger charge is 2.31. The molecule has 0 fully saturated rings. The lowest BCUT2D eigenvalue weighted by Crippen LogP contribution is -2.45. The number of nitrogens with two attached hydrogens (primary N) is 1. The van der Waals surface area contributed by atoms with Gasteiger partial charge in [-0.3, -0.25) is 14.2 Å². The SMILES string of the molecule is Cc1ncsc1-c1ccc([C@H](C)NC(=O)c2cc(O)cn2C(=O)[C@@H](N)C(C)(C)C)cc1. The molecule has 3 rings (SSSR count). The van der Waals surface area contributed by atoms with Gasteiger partial charge in [0.2, 0.25) is 5.91 Å². The highest BCUT2D eigenvalue weighted by molar-refractivity contribution is 7.13. The van der Waals surface area contributed by atoms with Crippen LogP contribution >= 0.6 is 11.3 Å². The number of hydrogen-bond acceptors (Lipinski definition) is 6. The number of nitrogens with one attached hydrogen (secondary N) is 1. The molecule has 4 N–H and O–H groups in total. The molecule has 0 saturated heterocycles. The summed E-state index contributed by atoms with van der Waals surface area (Å²) in [6.45, 7) is 9.37. The van der Waals surface area contributed by atoms with E-state index in [1.807, 2.05) is 64.4 Å². The number of hydrogen-bond donors (Lipinski definition) is 3. The van der Waals surface area contributed by atoms with Crippen molar-refractivity contribution in [3.05, 3.63) is 59.0 Å². The van der Waals surface area contributed by atoms with Gasteiger partial charge in [0, 0.05) is 6.07 Å². The zero-order valence-electron chi connectivity index (χ0n) is 18.3. The molecule has 0 aliphatic heterocycles. The Morgan fingerprint density at radius 3 is 2.42 bits per heavy atom. The molecule has 3 aromatic rings. The topological polar surface area (TPSA) is 110 Å². The first-order valence-electron chi connectivity index (χ1n) is 10.0. The van der Waals surface area contributed by atoms with E-state index in [-0.39, 0.29) is 17.5 Å². The van der Waals surface area contributed by atoms with Crippen LogP contribution in [0, 0.1) is 12.3 Å². The smallest absolute Gasteiger partial charge is 0.268 e. The van der Waals surface area contributed by atoms with E-state index in [2.05, 4.69) is 10.3 Å². The van der Waals surface area contributed by atoms with Crippen molar-refractivity contribution in [3.63, 3.8) is 0 Å². The molecule has 7 nitrogen and oxygen atoms in total. The van der Waals surface area contributed by atoms with Crippen LogP contribution in [-0.2, 0) is 0 Å². The zero-order valence-corrected chi connectivity index (χ0v) is 19.2. The minimum atomic E-state index is -0.828. The van der Waals surface area contributed by atoms with Crippen LogP contribution in [0.25, 0.3) is 10.4 Å². The number of rotatable bonds is 5. The highest BCUT2D eigenvalue weighted by Crippen LogP contribution is 2.28. The second kappa shape index (κ2) is 8.64. The monoisotopic (exact) mass is 440 g/mol. The molecule has 2 atom stereocenters. The Labute approximate surface area is 185 Å². The minimum absolute atomic E-state index is 0.0472. The summed E-state index contributed by atoms with van der Waals surface area (Å²) in [5, 5.41) is 12.8. The van der Waals surface area contributed by atoms with E-state index in [1.54, 1.807) is 11.3 Å². The molecule has 1 amide bonds. The summed E-state index contributed by atoms with van der Waals surface area (Å²) in [7, 11) is 0. The number of carbonyl (C=O) groups excluding carboxylic acids is 2. The van der Waals surface area contributed by atoms with Gasteiger partial charge in [0.25, 0.3) is 5.91 Å². The van der Waals surface area contributed by atoms with Gasteiger partial charge in [-0.1, -0.05) is 45.0 Å². The number of thiazole rings is 1. The number of amides is 1. The summed E-state index contributed by atoms with van der Waals surface area (Å²) in [4.78, 5) is 31.1. The Morgan fingerprint density at radius 2 is 1.87 bits per heavy atom. The average Bonchev–Trinajstić information content (AvgIpc) is 3.31. The molecular formula is C23H28N4O3S. The van der Waals surface area contributed by atoms with Crippen LogP contribution in [0.15, 0.2) is 42.0 Å². The fourth-order valence-electron chi connectivity index (χ4n) is 3.18. The van der Waals surface area contributed by atoms with E-state index >= 15 is 0 Å². The molecule has 0 aliphatic carbocycles. The van der Waals surface area contributed by atoms with Crippen molar-refractivity contribution in [2.45, 2.75) is 46.7 Å². The standard InChI is InChI=1S/C23H28N4O3S/c1-13(15-6-8-16(9-7-15)19-14(2)25-12-31-19)26-21(29)18-10-17(28)11-27(18)22(30)20(24)23(3,4)5/h6-13,20,28H,24H2,1-5H3,(H,26,29)/t13-,20+/m0/s1. The maximum atomic E-state index is 12.9. The Morgan fingerprint density at radius 1 is 1.23 bits per heavy atom. The van der Waals surface area contributed by atoms with Crippen molar-refractivity contribution in [1.82, 2.24) is 14.9 Å². The summed E-state index contributed by atoms with van der Waals surface area (Å²) in [6.07, 6.45) is 1.22. The van der Waals surface area contributed by atoms with Crippen molar-refractivity contribution >= 4 is 23.2 Å². The number of aromatic nitrogens is 2. The number of aryl methyl sites for hydroxylation is 1. The zero-order chi connectivity index (χ0) is 22.9. The molecule has 0 aliphatic rings. The summed E-state index contributed by atoms with van der Waals surface area (Å²) in [5.74, 6) is -1.09. The van der Waals surface area contributed by atoms with Crippen LogP contribution in [0.5, 0.6) is 5.75 Å². The van der Waals surface area contributed by atoms with E-state index < -0.39 is 23.3 Å². The van der Waals surface area contributed by atoms with Crippen LogP contribution < -0.4 is 11.1 Å². The Kier molecular flexibility index (Phi) is 6.33. The normalized spacial score (nSPS) is 13.6. The lowest BCUT2D eigenvalue weighted by Gasteiger charge is -2.26. The van der Waals surface area contributed by atoms with E-state index in [9.17, 15) is 14.7 Å². The van der Waals surface area contributed by atoms with E-state index in [0.717, 1.165) is 26.3 Å². The van der Waals surface area contributed by atoms with Gasteiger partial charge in [0.1, 0.15) is 11.4 Å². The first-order valence-corrected chi connectivity index (χ1v) is 10.9. The molecule has 31 heavy (non-hydrogen) atoms. The summed E-state index contributed by atoms with van der Waals surface area (Å²) in [6, 6.07) is 8.04. The number of benzene rings is 1. The third kappa shape index (κ3) is 4.86. The van der Waals surface area contributed by atoms with Gasteiger partial charge in [-0.15, -0.1) is 11.3 Å². The lowest BCUT2D eigenvalue weighted by molar-refractivity contribution is 0.0792. The number of aromatic hydroxyl groups is 1. The molecule has 0 saturated carbocycles. The maximum Gasteiger partial charge on any atom is 0.268 e. The second-order valence-electron chi connectivity index (χ2n) is 8.72. The largest absolute Gasteiger partial charge is 0.506 e. The lowest BCUT2D eigenvalue weighted by atomic mass is 9.87. The fraction of sp³-hybridized carbons (Fsp3) is 0.348. The molecule has 8 heteroatoms. The molecule has 0 bridgehead atoms. The van der Waals surface area contributed by atoms with E-state index in [1.165, 1.54) is 12.3 Å². The van der Waals surface area contributed by atoms with Gasteiger partial charge >= 0.3 is 0 Å². The van der Waals surface area contributed by atoms with Gasteiger partial charge in [-0.05, 0) is 30.4 Å². The third-order valence-electron chi connectivity index (χ3n) is 5.24. The fourth-order valence-corrected chi connectivity index (χ4v) is 3.99. The van der Waals surface area contributed by atoms with Gasteiger partial charge in [-0.25, -0.2) is 4.98 Å². The Balaban J connectivity index is 1.77. The summed E-state index contributed by atoms with van der Waals surface area (Å²) >= 11 is 1.59. The number of carbonyl (C=O) groups is 2. The predicted molar refractivity (Wildman–Crippen MR) is 122 cm³/mol. The average molecular weight is 441 g/mol. The van der Waals surface area contributed by atoms with Crippen molar-refractivity contribution in [1.29, 1.82) is 0 Å². The molecule has 0 unspecified atom stereocenters. The third-order valence-corrected chi connectivity index (χ3v) is 6.22. The molecule has 164 valence electrons. The van der Waals surface area contributed by atoms with E-state index in [0.29, 0.717) is 0 Å². The van der Waals surface area contributed by atoms with E-state index in [4.69, 9.17) is 5.73 Å². The molecule has 2 aromatic heterocycles. The van der Waals surface area contributed by atoms with Gasteiger partial charge < -0.3 is 16.2 Å². The van der Waals surface area contributed by atoms with Crippen molar-refractivity contribution in [2.75, 3.05) is 0 Å². The van der Waals surface area contributed by atoms with Crippen molar-refractivity contribution in [3.8, 4) is 16.2 Å². The summed E-state index contributed by atoms with van der Waals surface area (Å²) < 4.78 is 1.13. The quantitative estimate of drug-likeness (QED) is 0.552. The van der Waals surface area contributed by atoms with Gasteiger partial charge in [0.05, 0.1) is 34.4 Å². The minimum Gasteiger partial charge on any atom is -0.506 e. The number of nitrogens with zero attached hydrogens (tertiary/aromatic N) is 2. The van der Waals surface area contributed by atoms with Crippen LogP contribution in [0.4, 0.5) is 0 Å². The highest BCUT2D eigenvalue weighted by atomic mass is 32.1. The van der Waals surface area contributed by atoms with Crippen LogP contribution in [0.3, 0.4) is 0 Å². The molecule has 2 heterocycles. The Bertz CT molecular complexity index is 1090. The first-order chi connectivity index (χ1) is 14.5. The van der Waals surface area contributed by atoms with Crippen LogP contribution in [-0.4, -0.2) is 32.5 Å². The maximum absolute atomic E-state index is 12.9. The predicted octanol–water partition coefficient (Wildman–Crippen LogP) is 4.13. The van der Waals surface area contributed by atoms with Crippen molar-refractivity contribution in [2.24, 2.45) is 11.1 Å². The molecular weight excluding hydrogens is 412 g/mol. The molecule has 1 aromatic carbocycles. The van der Waals surface area contributed by atoms with Crippen LogP contribution in [0.2, 0.25) is 0 Å². The van der Waals surface area contributed by atoms with Crippen LogP contribution in [0.1, 0.15) is 60.3 Å². The Hall–Kier alpha value is -2.97. The molecule has 0 radical (unpaired) electrons. The summed E-state index contributed by atoms with van der Waals surface area (Å²) in [5.41, 5.74) is 10.4. The second-order valence-corrected chi connectivity index (χ2v) is 9.57.